The molecule has 0 aromatic rings. The van der Waals surface area contributed by atoms with Gasteiger partial charge in [0.1, 0.15) is 92.6 Å². The molecule has 122 heavy (non-hydrogen) atoms. The van der Waals surface area contributed by atoms with Crippen LogP contribution in [-0.2, 0) is 70.7 Å². The van der Waals surface area contributed by atoms with Gasteiger partial charge in [-0.05, 0) is 37.5 Å². The van der Waals surface area contributed by atoms with E-state index in [1.165, 1.54) is 218 Å². The van der Waals surface area contributed by atoms with Gasteiger partial charge in [-0.2, -0.15) is 0 Å². The van der Waals surface area contributed by atoms with Crippen LogP contribution in [0.3, 0.4) is 0 Å². The molecule has 0 amide bonds. The van der Waals surface area contributed by atoms with Gasteiger partial charge in [0.15, 0.2) is 24.8 Å². The highest BCUT2D eigenvalue weighted by atomic mass is 31.2. The van der Waals surface area contributed by atoms with Crippen LogP contribution in [0.2, 0.25) is 0 Å². The number of esters is 4. The summed E-state index contributed by atoms with van der Waals surface area (Å²) in [7, 11) is -5.81. The number of rotatable bonds is 81. The van der Waals surface area contributed by atoms with Gasteiger partial charge < -0.3 is 88.7 Å². The Morgan fingerprint density at radius 2 is 0.615 bits per heavy atom. The molecule has 20 atom stereocenters. The Bertz CT molecular complexity index is 2560. The molecule has 0 spiro atoms. The van der Waals surface area contributed by atoms with Crippen molar-refractivity contribution >= 4 is 31.7 Å². The SMILES string of the molecule is CCCCCCCCCCCCCCCCCCC(=O)OC(COC(=O)CCCCCCCCC(C)CCCCCCCC)COP(=O)(O)OC1C(OC2OC(CO)C(O)C(O)C2O)C(O)C(O)C(OC(=O)CCCCCCCCCCCCCCCCC)C1OC1OC(COC(=O)CCCCCCCCC(C)CCCCCCCC)C(O)C(O)C1O. The summed E-state index contributed by atoms with van der Waals surface area (Å²) >= 11 is 0. The lowest BCUT2D eigenvalue weighted by Gasteiger charge is -2.50. The van der Waals surface area contributed by atoms with Crippen LogP contribution >= 0.6 is 7.82 Å². The van der Waals surface area contributed by atoms with Gasteiger partial charge in [0.25, 0.3) is 0 Å². The van der Waals surface area contributed by atoms with E-state index in [-0.39, 0.29) is 25.7 Å². The Morgan fingerprint density at radius 1 is 0.320 bits per heavy atom. The normalized spacial score (nSPS) is 25.0. The molecule has 2 heterocycles. The molecule has 25 nitrogen and oxygen atoms in total. The number of hydrogen-bond donors (Lipinski definition) is 10. The predicted octanol–water partition coefficient (Wildman–Crippen LogP) is 19.4. The van der Waals surface area contributed by atoms with Gasteiger partial charge in [-0.3, -0.25) is 28.2 Å². The number of aliphatic hydroxyl groups excluding tert-OH is 9. The molecule has 2 saturated heterocycles. The van der Waals surface area contributed by atoms with E-state index in [4.69, 9.17) is 46.9 Å². The molecular weight excluding hydrogens is 1580 g/mol. The van der Waals surface area contributed by atoms with E-state index in [0.29, 0.717) is 43.9 Å². The number of unbranched alkanes of at least 4 members (excludes halogenated alkanes) is 49. The van der Waals surface area contributed by atoms with Crippen LogP contribution in [0.1, 0.15) is 446 Å². The first-order valence-corrected chi connectivity index (χ1v) is 51.5. The molecule has 20 unspecified atom stereocenters. The van der Waals surface area contributed by atoms with Crippen molar-refractivity contribution in [2.45, 2.75) is 550 Å². The Hall–Kier alpha value is -2.53. The van der Waals surface area contributed by atoms with Crippen molar-refractivity contribution in [3.8, 4) is 0 Å². The molecule has 0 aromatic carbocycles. The van der Waals surface area contributed by atoms with Gasteiger partial charge in [-0.15, -0.1) is 0 Å². The Morgan fingerprint density at radius 3 is 0.975 bits per heavy atom. The van der Waals surface area contributed by atoms with Crippen LogP contribution in [0, 0.1) is 11.8 Å². The van der Waals surface area contributed by atoms with Crippen molar-refractivity contribution in [2.24, 2.45) is 11.8 Å². The standard InChI is InChI=1S/C96H181O25P/c1-7-11-15-19-23-25-27-29-31-33-35-36-38-40-52-60-68-81(100)115-76(71-112-79(98)66-58-50-44-42-48-56-64-74(5)62-54-46-21-17-13-9-3)72-114-122(110,111)121-94-92(119-95-89(108)85(104)83(102)77(70-97)116-95)88(107)87(106)91(118-82(101)69-61-53-41-39-37-34-32-30-28-26-24-20-16-12-8-2)93(94)120-96-90(109)86(105)84(103)78(117-96)73-113-80(99)67-59-51-45-43-49-57-65-75(6)63-55-47-22-18-14-10-4/h74-78,83-97,102-109H,7-73H2,1-6H3,(H,110,111). The summed E-state index contributed by atoms with van der Waals surface area (Å²) in [4.78, 5) is 66.7. The van der Waals surface area contributed by atoms with Gasteiger partial charge in [-0.1, -0.05) is 395 Å². The monoisotopic (exact) mass is 1770 g/mol. The quantitative estimate of drug-likeness (QED) is 0.0117. The number of aliphatic hydroxyl groups is 9. The van der Waals surface area contributed by atoms with Crippen molar-refractivity contribution in [1.29, 1.82) is 0 Å². The molecule has 2 aliphatic heterocycles. The van der Waals surface area contributed by atoms with E-state index >= 15 is 0 Å². The fraction of sp³-hybridized carbons (Fsp3) is 0.958. The van der Waals surface area contributed by atoms with Crippen molar-refractivity contribution in [2.75, 3.05) is 26.4 Å². The topological polar surface area (TPSA) is 380 Å². The van der Waals surface area contributed by atoms with Crippen LogP contribution in [0.5, 0.6) is 0 Å². The molecule has 10 N–H and O–H groups in total. The largest absolute Gasteiger partial charge is 0.472 e. The van der Waals surface area contributed by atoms with Crippen LogP contribution in [0.15, 0.2) is 0 Å². The molecule has 0 radical (unpaired) electrons. The maximum atomic E-state index is 15.0. The molecule has 1 aliphatic carbocycles. The number of phosphoric ester groups is 1. The van der Waals surface area contributed by atoms with Gasteiger partial charge in [0, 0.05) is 25.7 Å². The third kappa shape index (κ3) is 53.0. The zero-order valence-electron chi connectivity index (χ0n) is 77.4. The number of carbonyl (C=O) groups is 4. The minimum absolute atomic E-state index is 0.0170. The first kappa shape index (κ1) is 114. The predicted molar refractivity (Wildman–Crippen MR) is 476 cm³/mol. The van der Waals surface area contributed by atoms with E-state index in [0.717, 1.165) is 128 Å². The van der Waals surface area contributed by atoms with Crippen LogP contribution < -0.4 is 0 Å². The van der Waals surface area contributed by atoms with Gasteiger partial charge in [0.05, 0.1) is 13.2 Å². The number of ether oxygens (including phenoxy) is 8. The lowest BCUT2D eigenvalue weighted by atomic mass is 9.84. The lowest BCUT2D eigenvalue weighted by Crippen LogP contribution is -2.70. The second-order valence-electron chi connectivity index (χ2n) is 36.6. The van der Waals surface area contributed by atoms with Crippen molar-refractivity contribution < 1.29 is 122 Å². The number of phosphoric acid groups is 1. The van der Waals surface area contributed by atoms with Crippen molar-refractivity contribution in [1.82, 2.24) is 0 Å². The zero-order chi connectivity index (χ0) is 89.2. The average molecular weight is 1770 g/mol. The summed E-state index contributed by atoms with van der Waals surface area (Å²) in [6.45, 7) is 10.3. The van der Waals surface area contributed by atoms with E-state index in [9.17, 15) is 74.6 Å². The molecule has 0 bridgehead atoms. The molecular formula is C96H181O25P. The van der Waals surface area contributed by atoms with Crippen molar-refractivity contribution in [3.63, 3.8) is 0 Å². The molecule has 0 aromatic heterocycles. The first-order chi connectivity index (χ1) is 59.0. The van der Waals surface area contributed by atoms with E-state index in [2.05, 4.69) is 41.5 Å². The zero-order valence-corrected chi connectivity index (χ0v) is 78.3. The van der Waals surface area contributed by atoms with Gasteiger partial charge >= 0.3 is 31.7 Å². The maximum absolute atomic E-state index is 15.0. The second kappa shape index (κ2) is 73.2. The highest BCUT2D eigenvalue weighted by Crippen LogP contribution is 2.49. The van der Waals surface area contributed by atoms with E-state index < -0.39 is 162 Å². The number of hydrogen-bond acceptors (Lipinski definition) is 24. The second-order valence-corrected chi connectivity index (χ2v) is 38.0. The minimum Gasteiger partial charge on any atom is -0.463 e. The van der Waals surface area contributed by atoms with Gasteiger partial charge in [0.2, 0.25) is 0 Å². The summed E-state index contributed by atoms with van der Waals surface area (Å²) in [5.41, 5.74) is 0. The molecule has 3 aliphatic rings. The van der Waals surface area contributed by atoms with Crippen LogP contribution in [-0.4, -0.2) is 205 Å². The fourth-order valence-electron chi connectivity index (χ4n) is 17.0. The third-order valence-electron chi connectivity index (χ3n) is 25.2. The summed E-state index contributed by atoms with van der Waals surface area (Å²) in [6.07, 6.45) is 29.3. The molecule has 720 valence electrons. The Balaban J connectivity index is 1.91. The summed E-state index contributed by atoms with van der Waals surface area (Å²) in [5, 5.41) is 103. The number of carbonyl (C=O) groups excluding carboxylic acids is 4. The Kier molecular flexibility index (Phi) is 68.2. The summed E-state index contributed by atoms with van der Waals surface area (Å²) < 4.78 is 73.7. The summed E-state index contributed by atoms with van der Waals surface area (Å²) in [6, 6.07) is 0. The smallest absolute Gasteiger partial charge is 0.463 e. The lowest BCUT2D eigenvalue weighted by molar-refractivity contribution is -0.360. The van der Waals surface area contributed by atoms with Crippen molar-refractivity contribution in [3.05, 3.63) is 0 Å². The summed E-state index contributed by atoms with van der Waals surface area (Å²) in [5.74, 6) is -1.57. The highest BCUT2D eigenvalue weighted by molar-refractivity contribution is 7.47. The molecule has 26 heteroatoms. The third-order valence-corrected chi connectivity index (χ3v) is 26.1. The Labute approximate surface area is 738 Å². The molecule has 3 rings (SSSR count). The highest BCUT2D eigenvalue weighted by Gasteiger charge is 2.60. The average Bonchev–Trinajstić information content (AvgIpc) is 0.753. The van der Waals surface area contributed by atoms with Crippen LogP contribution in [0.25, 0.3) is 0 Å². The van der Waals surface area contributed by atoms with Crippen LogP contribution in [0.4, 0.5) is 0 Å². The minimum atomic E-state index is -5.81. The fourth-order valence-corrected chi connectivity index (χ4v) is 18.0. The molecule has 3 fully saturated rings. The van der Waals surface area contributed by atoms with E-state index in [1.54, 1.807) is 0 Å². The van der Waals surface area contributed by atoms with Gasteiger partial charge in [-0.25, -0.2) is 4.57 Å². The first-order valence-electron chi connectivity index (χ1n) is 50.1. The maximum Gasteiger partial charge on any atom is 0.472 e. The molecule has 1 saturated carbocycles. The van der Waals surface area contributed by atoms with E-state index in [1.807, 2.05) is 0 Å².